The lowest BCUT2D eigenvalue weighted by atomic mass is 10.0. The predicted molar refractivity (Wildman–Crippen MR) is 83.1 cm³/mol. The molecule has 4 N–H and O–H groups in total. The third kappa shape index (κ3) is 3.37. The normalized spacial score (nSPS) is 21.7. The van der Waals surface area contributed by atoms with Crippen LogP contribution in [0.4, 0.5) is 11.4 Å². The molecule has 1 aromatic rings. The van der Waals surface area contributed by atoms with E-state index in [9.17, 15) is 18.5 Å². The molecule has 0 aromatic heterocycles. The van der Waals surface area contributed by atoms with Crippen LogP contribution in [0.5, 0.6) is 0 Å². The number of nitrogens with one attached hydrogen (secondary N) is 2. The van der Waals surface area contributed by atoms with Crippen molar-refractivity contribution in [2.45, 2.75) is 30.2 Å². The van der Waals surface area contributed by atoms with Gasteiger partial charge in [-0.1, -0.05) is 6.42 Å². The fourth-order valence-electron chi connectivity index (χ4n) is 2.78. The molecule has 1 aromatic carbocycles. The van der Waals surface area contributed by atoms with Crippen LogP contribution in [-0.4, -0.2) is 33.0 Å². The molecule has 1 fully saturated rings. The van der Waals surface area contributed by atoms with Crippen molar-refractivity contribution >= 4 is 21.4 Å². The van der Waals surface area contributed by atoms with Gasteiger partial charge in [0, 0.05) is 12.1 Å². The molecule has 0 bridgehead atoms. The molecule has 8 nitrogen and oxygen atoms in total. The Hall–Kier alpha value is -1.71. The topological polar surface area (TPSA) is 127 Å². The van der Waals surface area contributed by atoms with Crippen LogP contribution in [0.15, 0.2) is 23.1 Å². The van der Waals surface area contributed by atoms with Crippen molar-refractivity contribution in [2.75, 3.05) is 18.9 Å². The molecule has 2 rings (SSSR count). The molecule has 22 heavy (non-hydrogen) atoms. The SMILES string of the molecule is CNS(=O)(=O)c1ccc(NC2CCCC2CN)c([N+](=O)[O-])c1. The third-order valence-corrected chi connectivity index (χ3v) is 5.46. The highest BCUT2D eigenvalue weighted by Crippen LogP contribution is 2.33. The summed E-state index contributed by atoms with van der Waals surface area (Å²) in [5.41, 5.74) is 5.79. The summed E-state index contributed by atoms with van der Waals surface area (Å²) in [5.74, 6) is 0.278. The minimum Gasteiger partial charge on any atom is -0.376 e. The summed E-state index contributed by atoms with van der Waals surface area (Å²) in [6, 6.07) is 3.94. The van der Waals surface area contributed by atoms with E-state index in [4.69, 9.17) is 5.73 Å². The lowest BCUT2D eigenvalue weighted by Gasteiger charge is -2.20. The Morgan fingerprint density at radius 1 is 1.41 bits per heavy atom. The maximum atomic E-state index is 11.8. The zero-order chi connectivity index (χ0) is 16.3. The highest BCUT2D eigenvalue weighted by atomic mass is 32.2. The molecular formula is C13H20N4O4S. The Kier molecular flexibility index (Phi) is 4.99. The first-order valence-corrected chi connectivity index (χ1v) is 8.56. The average molecular weight is 328 g/mol. The fraction of sp³-hybridized carbons (Fsp3) is 0.538. The van der Waals surface area contributed by atoms with Crippen LogP contribution in [0.2, 0.25) is 0 Å². The van der Waals surface area contributed by atoms with E-state index in [0.29, 0.717) is 12.2 Å². The Morgan fingerprint density at radius 3 is 2.73 bits per heavy atom. The average Bonchev–Trinajstić information content (AvgIpc) is 2.94. The Bertz CT molecular complexity index is 662. The van der Waals surface area contributed by atoms with E-state index in [1.807, 2.05) is 0 Å². The van der Waals surface area contributed by atoms with Crippen LogP contribution in [0.25, 0.3) is 0 Å². The second-order valence-corrected chi connectivity index (χ2v) is 7.21. The maximum Gasteiger partial charge on any atom is 0.293 e. The first kappa shape index (κ1) is 16.7. The zero-order valence-corrected chi connectivity index (χ0v) is 13.1. The molecule has 1 aliphatic rings. The number of sulfonamides is 1. The summed E-state index contributed by atoms with van der Waals surface area (Å²) in [7, 11) is -2.45. The van der Waals surface area contributed by atoms with Crippen LogP contribution >= 0.6 is 0 Å². The highest BCUT2D eigenvalue weighted by Gasteiger charge is 2.28. The zero-order valence-electron chi connectivity index (χ0n) is 12.3. The van der Waals surface area contributed by atoms with Gasteiger partial charge in [0.1, 0.15) is 5.69 Å². The van der Waals surface area contributed by atoms with Crippen LogP contribution < -0.4 is 15.8 Å². The molecule has 2 atom stereocenters. The van der Waals surface area contributed by atoms with Gasteiger partial charge < -0.3 is 11.1 Å². The van der Waals surface area contributed by atoms with E-state index >= 15 is 0 Å². The van der Waals surface area contributed by atoms with E-state index in [2.05, 4.69) is 10.0 Å². The quantitative estimate of drug-likeness (QED) is 0.529. The Morgan fingerprint density at radius 2 is 2.14 bits per heavy atom. The van der Waals surface area contributed by atoms with Crippen molar-refractivity contribution in [3.8, 4) is 0 Å². The van der Waals surface area contributed by atoms with Crippen LogP contribution in [0, 0.1) is 16.0 Å². The largest absolute Gasteiger partial charge is 0.376 e. The van der Waals surface area contributed by atoms with E-state index in [1.165, 1.54) is 19.2 Å². The van der Waals surface area contributed by atoms with Gasteiger partial charge in [0.05, 0.1) is 9.82 Å². The van der Waals surface area contributed by atoms with Gasteiger partial charge in [-0.15, -0.1) is 0 Å². The van der Waals surface area contributed by atoms with Gasteiger partial charge >= 0.3 is 0 Å². The third-order valence-electron chi connectivity index (χ3n) is 4.05. The lowest BCUT2D eigenvalue weighted by Crippen LogP contribution is -2.29. The highest BCUT2D eigenvalue weighted by molar-refractivity contribution is 7.89. The minimum absolute atomic E-state index is 0.0791. The molecule has 122 valence electrons. The van der Waals surface area contributed by atoms with Gasteiger partial charge in [0.25, 0.3) is 5.69 Å². The van der Waals surface area contributed by atoms with Crippen LogP contribution in [0.3, 0.4) is 0 Å². The Labute approximate surface area is 129 Å². The fourth-order valence-corrected chi connectivity index (χ4v) is 3.53. The minimum atomic E-state index is -3.72. The van der Waals surface area contributed by atoms with Gasteiger partial charge in [0.2, 0.25) is 10.0 Å². The number of anilines is 1. The number of nitrogens with zero attached hydrogens (tertiary/aromatic N) is 1. The van der Waals surface area contributed by atoms with Crippen LogP contribution in [0.1, 0.15) is 19.3 Å². The molecule has 0 saturated heterocycles. The summed E-state index contributed by atoms with van der Waals surface area (Å²) in [6.45, 7) is 0.525. The van der Waals surface area contributed by atoms with Gasteiger partial charge in [-0.2, -0.15) is 0 Å². The Balaban J connectivity index is 2.34. The first-order valence-electron chi connectivity index (χ1n) is 7.07. The van der Waals surface area contributed by atoms with Crippen molar-refractivity contribution in [1.82, 2.24) is 4.72 Å². The van der Waals surface area contributed by atoms with Gasteiger partial charge in [0.15, 0.2) is 0 Å². The number of nitrogens with two attached hydrogens (primary N) is 1. The van der Waals surface area contributed by atoms with Gasteiger partial charge in [-0.3, -0.25) is 10.1 Å². The van der Waals surface area contributed by atoms with Gasteiger partial charge in [-0.25, -0.2) is 13.1 Å². The maximum absolute atomic E-state index is 11.8. The number of hydrogen-bond donors (Lipinski definition) is 3. The molecule has 0 aliphatic heterocycles. The number of rotatable bonds is 6. The summed E-state index contributed by atoms with van der Waals surface area (Å²) in [4.78, 5) is 10.5. The molecule has 0 radical (unpaired) electrons. The lowest BCUT2D eigenvalue weighted by molar-refractivity contribution is -0.384. The second kappa shape index (κ2) is 6.59. The smallest absolute Gasteiger partial charge is 0.293 e. The molecule has 2 unspecified atom stereocenters. The van der Waals surface area contributed by atoms with Crippen LogP contribution in [-0.2, 0) is 10.0 Å². The molecule has 1 aliphatic carbocycles. The number of hydrogen-bond acceptors (Lipinski definition) is 6. The number of nitro groups is 1. The molecule has 0 spiro atoms. The molecule has 1 saturated carbocycles. The van der Waals surface area contributed by atoms with E-state index in [1.54, 1.807) is 0 Å². The number of nitro benzene ring substituents is 1. The first-order chi connectivity index (χ1) is 10.4. The van der Waals surface area contributed by atoms with Crippen molar-refractivity contribution in [3.63, 3.8) is 0 Å². The monoisotopic (exact) mass is 328 g/mol. The molecule has 0 amide bonds. The molecular weight excluding hydrogens is 308 g/mol. The summed E-state index contributed by atoms with van der Waals surface area (Å²) in [6.07, 6.45) is 2.92. The second-order valence-electron chi connectivity index (χ2n) is 5.32. The number of benzene rings is 1. The summed E-state index contributed by atoms with van der Waals surface area (Å²) in [5, 5.41) is 14.4. The standard InChI is InChI=1S/C13H20N4O4S/c1-15-22(20,21)10-5-6-12(13(7-10)17(18)19)16-11-4-2-3-9(11)8-14/h5-7,9,11,15-16H,2-4,8,14H2,1H3. The summed E-state index contributed by atoms with van der Waals surface area (Å²) < 4.78 is 25.7. The van der Waals surface area contributed by atoms with Gasteiger partial charge in [-0.05, 0) is 44.5 Å². The van der Waals surface area contributed by atoms with E-state index in [0.717, 1.165) is 25.3 Å². The molecule has 0 heterocycles. The molecule has 9 heteroatoms. The summed E-state index contributed by atoms with van der Waals surface area (Å²) >= 11 is 0. The van der Waals surface area contributed by atoms with E-state index < -0.39 is 14.9 Å². The predicted octanol–water partition coefficient (Wildman–Crippen LogP) is 1.04. The van der Waals surface area contributed by atoms with Crippen molar-refractivity contribution in [3.05, 3.63) is 28.3 Å². The van der Waals surface area contributed by atoms with Crippen molar-refractivity contribution in [1.29, 1.82) is 0 Å². The van der Waals surface area contributed by atoms with Crippen molar-refractivity contribution < 1.29 is 13.3 Å². The van der Waals surface area contributed by atoms with E-state index in [-0.39, 0.29) is 22.5 Å². The van der Waals surface area contributed by atoms with Crippen molar-refractivity contribution in [2.24, 2.45) is 11.7 Å².